The highest BCUT2D eigenvalue weighted by Gasteiger charge is 2.44. The zero-order chi connectivity index (χ0) is 26.3. The fraction of sp³-hybridized carbons (Fsp3) is 0.500. The highest BCUT2D eigenvalue weighted by molar-refractivity contribution is 7.83. The molecule has 0 saturated heterocycles. The number of aryl methyl sites for hydroxylation is 1. The molecule has 38 heavy (non-hydrogen) atoms. The minimum atomic E-state index is -1.47. The normalized spacial score (nSPS) is 32.2. The van der Waals surface area contributed by atoms with Crippen LogP contribution in [-0.4, -0.2) is 46.8 Å². The van der Waals surface area contributed by atoms with E-state index in [0.29, 0.717) is 36.7 Å². The van der Waals surface area contributed by atoms with E-state index in [4.69, 9.17) is 16.3 Å². The van der Waals surface area contributed by atoms with E-state index in [1.807, 2.05) is 30.4 Å². The van der Waals surface area contributed by atoms with Gasteiger partial charge in [-0.3, -0.25) is 9.52 Å². The number of nitrogens with zero attached hydrogens (tertiary/aromatic N) is 1. The van der Waals surface area contributed by atoms with Crippen LogP contribution in [0, 0.1) is 11.8 Å². The van der Waals surface area contributed by atoms with Gasteiger partial charge in [0.1, 0.15) is 16.7 Å². The van der Waals surface area contributed by atoms with Crippen LogP contribution in [0.2, 0.25) is 5.02 Å². The number of allylic oxidation sites excluding steroid dienone is 1. The topological polar surface area (TPSA) is 78.9 Å². The number of hydrogen-bond acceptors (Lipinski definition) is 5. The van der Waals surface area contributed by atoms with Crippen LogP contribution in [-0.2, 0) is 22.8 Å². The minimum absolute atomic E-state index is 0.192. The lowest BCUT2D eigenvalue weighted by molar-refractivity contribution is 0.0177. The van der Waals surface area contributed by atoms with Crippen LogP contribution in [0.15, 0.2) is 48.6 Å². The Kier molecular flexibility index (Phi) is 7.27. The van der Waals surface area contributed by atoms with Gasteiger partial charge in [0, 0.05) is 34.8 Å². The second-order valence-electron chi connectivity index (χ2n) is 11.3. The number of fused-ring (bicyclic) bond motifs is 4. The lowest BCUT2D eigenvalue weighted by Crippen LogP contribution is -2.49. The van der Waals surface area contributed by atoms with Gasteiger partial charge in [-0.15, -0.1) is 0 Å². The third kappa shape index (κ3) is 5.01. The van der Waals surface area contributed by atoms with Crippen molar-refractivity contribution in [1.82, 2.24) is 4.72 Å². The van der Waals surface area contributed by atoms with E-state index in [0.717, 1.165) is 61.7 Å². The average molecular weight is 555 g/mol. The summed E-state index contributed by atoms with van der Waals surface area (Å²) in [6.07, 6.45) is 9.95. The molecule has 1 spiro atoms. The molecule has 1 amide bonds. The number of hydrogen-bond donors (Lipinski definition) is 2. The fourth-order valence-electron chi connectivity index (χ4n) is 6.78. The zero-order valence-electron chi connectivity index (χ0n) is 21.5. The van der Waals surface area contributed by atoms with Gasteiger partial charge in [-0.2, -0.15) is 0 Å². The number of carbonyl (C=O) groups is 1. The molecule has 2 aliphatic carbocycles. The number of benzene rings is 2. The molecule has 6 rings (SSSR count). The maximum atomic E-state index is 13.0. The van der Waals surface area contributed by atoms with E-state index in [2.05, 4.69) is 21.8 Å². The van der Waals surface area contributed by atoms with Gasteiger partial charge in [-0.1, -0.05) is 29.8 Å². The number of nitrogens with one attached hydrogen (secondary N) is 1. The van der Waals surface area contributed by atoms with Gasteiger partial charge in [-0.25, -0.2) is 4.21 Å². The Bertz CT molecular complexity index is 1280. The van der Waals surface area contributed by atoms with Crippen LogP contribution in [0.5, 0.6) is 5.75 Å². The van der Waals surface area contributed by atoms with E-state index < -0.39 is 11.0 Å². The molecule has 1 saturated carbocycles. The number of aliphatic hydroxyl groups is 1. The summed E-state index contributed by atoms with van der Waals surface area (Å²) in [5.74, 6) is 1.38. The number of amides is 1. The zero-order valence-corrected chi connectivity index (χ0v) is 23.1. The molecule has 6 nitrogen and oxygen atoms in total. The maximum absolute atomic E-state index is 13.0. The van der Waals surface area contributed by atoms with Crippen molar-refractivity contribution >= 4 is 34.2 Å². The van der Waals surface area contributed by atoms with E-state index in [9.17, 15) is 14.1 Å². The highest BCUT2D eigenvalue weighted by atomic mass is 35.5. The fourth-order valence-corrected chi connectivity index (χ4v) is 7.75. The molecular weight excluding hydrogens is 520 g/mol. The molecule has 1 fully saturated rings. The van der Waals surface area contributed by atoms with Crippen molar-refractivity contribution in [2.75, 3.05) is 30.3 Å². The van der Waals surface area contributed by atoms with Gasteiger partial charge < -0.3 is 14.7 Å². The summed E-state index contributed by atoms with van der Waals surface area (Å²) < 4.78 is 21.7. The van der Waals surface area contributed by atoms with Crippen LogP contribution in [0.1, 0.15) is 60.0 Å². The van der Waals surface area contributed by atoms with Gasteiger partial charge in [0.05, 0.1) is 18.4 Å². The van der Waals surface area contributed by atoms with Crippen LogP contribution in [0.4, 0.5) is 5.69 Å². The summed E-state index contributed by atoms with van der Waals surface area (Å²) in [6.45, 7) is 2.12. The summed E-state index contributed by atoms with van der Waals surface area (Å²) in [7, 11) is -1.47. The Balaban J connectivity index is 1.40. The lowest BCUT2D eigenvalue weighted by atomic mass is 9.68. The Labute approximate surface area is 232 Å². The molecule has 0 aromatic heterocycles. The molecule has 202 valence electrons. The average Bonchev–Trinajstić information content (AvgIpc) is 3.03. The number of ether oxygens (including phenoxy) is 1. The van der Waals surface area contributed by atoms with E-state index in [-0.39, 0.29) is 23.3 Å². The Morgan fingerprint density at radius 1 is 1.16 bits per heavy atom. The van der Waals surface area contributed by atoms with Crippen LogP contribution < -0.4 is 14.4 Å². The summed E-state index contributed by atoms with van der Waals surface area (Å²) in [4.78, 5) is 15.4. The van der Waals surface area contributed by atoms with Crippen molar-refractivity contribution in [3.8, 4) is 5.75 Å². The molecule has 2 N–H and O–H groups in total. The lowest BCUT2D eigenvalue weighted by Gasteiger charge is -2.45. The first-order valence-corrected chi connectivity index (χ1v) is 15.4. The third-order valence-corrected chi connectivity index (χ3v) is 10.2. The summed E-state index contributed by atoms with van der Waals surface area (Å²) in [6, 6.07) is 11.8. The van der Waals surface area contributed by atoms with Gasteiger partial charge in [0.2, 0.25) is 0 Å². The predicted octanol–water partition coefficient (Wildman–Crippen LogP) is 4.94. The van der Waals surface area contributed by atoms with Crippen LogP contribution in [0.25, 0.3) is 0 Å². The molecule has 2 aromatic carbocycles. The predicted molar refractivity (Wildman–Crippen MR) is 151 cm³/mol. The molecule has 5 atom stereocenters. The van der Waals surface area contributed by atoms with E-state index in [1.54, 1.807) is 6.07 Å². The molecule has 8 heteroatoms. The van der Waals surface area contributed by atoms with Crippen molar-refractivity contribution in [2.45, 2.75) is 56.5 Å². The van der Waals surface area contributed by atoms with Crippen LogP contribution >= 0.6 is 11.6 Å². The molecule has 2 aromatic rings. The van der Waals surface area contributed by atoms with Gasteiger partial charge >= 0.3 is 0 Å². The molecule has 2 aliphatic heterocycles. The molecule has 5 unspecified atom stereocenters. The molecule has 0 radical (unpaired) electrons. The Morgan fingerprint density at radius 3 is 2.89 bits per heavy atom. The van der Waals surface area contributed by atoms with Crippen molar-refractivity contribution in [3.63, 3.8) is 0 Å². The van der Waals surface area contributed by atoms with Gasteiger partial charge in [-0.05, 0) is 98.2 Å². The van der Waals surface area contributed by atoms with Crippen LogP contribution in [0.3, 0.4) is 0 Å². The second kappa shape index (κ2) is 10.7. The molecule has 2 bridgehead atoms. The Hall–Kier alpha value is -2.35. The first kappa shape index (κ1) is 25.9. The number of anilines is 1. The quantitative estimate of drug-likeness (QED) is 0.451. The standard InChI is InChI=1S/C30H35ClN2O4S/c31-23-9-11-25-20(15-23)5-4-13-30(25)18-33-17-22-7-10-24(22)27(34)6-2-1-3-14-38(36)32-29(35)21-8-12-28(37-19-30)26(33)16-21/h1-2,8-9,11-12,15-16,22,24,27,34H,3-7,10,13-14,17-19H2,(H,32,35)/b2-1+. The van der Waals surface area contributed by atoms with E-state index >= 15 is 0 Å². The summed E-state index contributed by atoms with van der Waals surface area (Å²) in [5.41, 5.74) is 3.78. The maximum Gasteiger partial charge on any atom is 0.263 e. The van der Waals surface area contributed by atoms with Crippen molar-refractivity contribution < 1.29 is 18.8 Å². The van der Waals surface area contributed by atoms with Crippen molar-refractivity contribution in [1.29, 1.82) is 0 Å². The second-order valence-corrected chi connectivity index (χ2v) is 13.1. The molecule has 4 aliphatic rings. The summed E-state index contributed by atoms with van der Waals surface area (Å²) >= 11 is 6.37. The Morgan fingerprint density at radius 2 is 2.05 bits per heavy atom. The smallest absolute Gasteiger partial charge is 0.263 e. The van der Waals surface area contributed by atoms with E-state index in [1.165, 1.54) is 11.1 Å². The summed E-state index contributed by atoms with van der Waals surface area (Å²) in [5, 5.41) is 11.8. The number of rotatable bonds is 0. The number of aliphatic hydroxyl groups excluding tert-OH is 1. The first-order chi connectivity index (χ1) is 18.4. The third-order valence-electron chi connectivity index (χ3n) is 8.95. The minimum Gasteiger partial charge on any atom is -0.490 e. The monoisotopic (exact) mass is 554 g/mol. The molecular formula is C30H35ClN2O4S. The van der Waals surface area contributed by atoms with Gasteiger partial charge in [0.25, 0.3) is 5.91 Å². The molecule has 2 heterocycles. The number of carbonyl (C=O) groups excluding carboxylic acids is 1. The SMILES string of the molecule is O=C1NS(=O)CC/C=C/CC(O)C2CCC2CN2CC3(CCCc4cc(Cl)ccc43)COc3ccc1cc32. The van der Waals surface area contributed by atoms with Gasteiger partial charge in [0.15, 0.2) is 0 Å². The first-order valence-electron chi connectivity index (χ1n) is 13.7. The van der Waals surface area contributed by atoms with Crippen molar-refractivity contribution in [2.24, 2.45) is 11.8 Å². The number of halogens is 1. The highest BCUT2D eigenvalue weighted by Crippen LogP contribution is 2.46. The van der Waals surface area contributed by atoms with Crippen molar-refractivity contribution in [3.05, 3.63) is 70.3 Å². The largest absolute Gasteiger partial charge is 0.490 e.